The fourth-order valence-corrected chi connectivity index (χ4v) is 3.70. The second-order valence-corrected chi connectivity index (χ2v) is 6.66. The van der Waals surface area contributed by atoms with Crippen LogP contribution in [0.3, 0.4) is 0 Å². The zero-order valence-electron chi connectivity index (χ0n) is 13.7. The molecule has 6 rings (SSSR count). The highest BCUT2D eigenvalue weighted by molar-refractivity contribution is 5.99. The van der Waals surface area contributed by atoms with Crippen LogP contribution in [-0.4, -0.2) is 5.78 Å². The van der Waals surface area contributed by atoms with E-state index in [1.54, 1.807) is 0 Å². The number of aryl methyl sites for hydroxylation is 2. The molecule has 1 aromatic rings. The smallest absolute Gasteiger partial charge is 0.166 e. The summed E-state index contributed by atoms with van der Waals surface area (Å²) >= 11 is 0. The Balaban J connectivity index is 2.07. The molecule has 23 heavy (non-hydrogen) atoms. The van der Waals surface area contributed by atoms with E-state index >= 15 is 0 Å². The standard InChI is InChI=1S/C22H24O/c1-3-5-20-16-22(13-4-2)14-12-18-8-6-17(7-9-18)10-11-19(20)15-21(22)23/h3-4,6-9,15-16H,1-2,5,10-14H2/t22-/m0/s1. The summed E-state index contributed by atoms with van der Waals surface area (Å²) in [5.41, 5.74) is 4.67. The largest absolute Gasteiger partial charge is 0.294 e. The van der Waals surface area contributed by atoms with Gasteiger partial charge in [-0.25, -0.2) is 0 Å². The van der Waals surface area contributed by atoms with Crippen molar-refractivity contribution >= 4 is 5.78 Å². The Kier molecular flexibility index (Phi) is 4.47. The molecule has 0 fully saturated rings. The molecule has 4 bridgehead atoms. The molecule has 0 aromatic heterocycles. The molecule has 0 radical (unpaired) electrons. The Bertz CT molecular complexity index is 687. The third-order valence-corrected chi connectivity index (χ3v) is 5.10. The monoisotopic (exact) mass is 304 g/mol. The molecule has 1 aromatic carbocycles. The number of carbonyl (C=O) groups is 1. The van der Waals surface area contributed by atoms with E-state index in [4.69, 9.17) is 0 Å². The first-order valence-corrected chi connectivity index (χ1v) is 8.43. The summed E-state index contributed by atoms with van der Waals surface area (Å²) in [5.74, 6) is 0.246. The first-order valence-electron chi connectivity index (χ1n) is 8.43. The summed E-state index contributed by atoms with van der Waals surface area (Å²) in [7, 11) is 0. The molecule has 118 valence electrons. The van der Waals surface area contributed by atoms with E-state index in [0.717, 1.165) is 32.1 Å². The van der Waals surface area contributed by atoms with Gasteiger partial charge in [-0.15, -0.1) is 13.2 Å². The van der Waals surface area contributed by atoms with Crippen LogP contribution in [0.5, 0.6) is 0 Å². The van der Waals surface area contributed by atoms with Crippen molar-refractivity contribution in [1.29, 1.82) is 0 Å². The van der Waals surface area contributed by atoms with Crippen LogP contribution in [0.1, 0.15) is 36.8 Å². The van der Waals surface area contributed by atoms with Crippen LogP contribution in [0.4, 0.5) is 0 Å². The van der Waals surface area contributed by atoms with Crippen LogP contribution in [0.15, 0.2) is 72.9 Å². The molecule has 0 saturated heterocycles. The van der Waals surface area contributed by atoms with Gasteiger partial charge in [-0.2, -0.15) is 0 Å². The van der Waals surface area contributed by atoms with Crippen LogP contribution >= 0.6 is 0 Å². The Morgan fingerprint density at radius 1 is 1.00 bits per heavy atom. The van der Waals surface area contributed by atoms with E-state index < -0.39 is 5.41 Å². The van der Waals surface area contributed by atoms with E-state index in [1.807, 2.05) is 18.2 Å². The Morgan fingerprint density at radius 3 is 2.35 bits per heavy atom. The minimum Gasteiger partial charge on any atom is -0.294 e. The Labute approximate surface area is 139 Å². The number of carbonyl (C=O) groups excluding carboxylic acids is 1. The molecule has 0 spiro atoms. The fourth-order valence-electron chi connectivity index (χ4n) is 3.70. The lowest BCUT2D eigenvalue weighted by Crippen LogP contribution is -2.31. The number of hydrogen-bond donors (Lipinski definition) is 0. The van der Waals surface area contributed by atoms with Gasteiger partial charge in [-0.1, -0.05) is 42.5 Å². The Morgan fingerprint density at radius 2 is 1.70 bits per heavy atom. The molecular formula is C22H24O. The van der Waals surface area contributed by atoms with Crippen molar-refractivity contribution in [2.45, 2.75) is 38.5 Å². The van der Waals surface area contributed by atoms with Gasteiger partial charge in [0.1, 0.15) is 0 Å². The number of rotatable bonds is 4. The SMILES string of the molecule is C=CCC1=C[C@]2(CC=C)CCc3ccc(cc3)CCC1=CC2=O. The van der Waals surface area contributed by atoms with Crippen LogP contribution in [0, 0.1) is 5.41 Å². The molecule has 1 nitrogen and oxygen atoms in total. The van der Waals surface area contributed by atoms with Gasteiger partial charge in [0.05, 0.1) is 5.41 Å². The summed E-state index contributed by atoms with van der Waals surface area (Å²) < 4.78 is 0. The van der Waals surface area contributed by atoms with Crippen molar-refractivity contribution in [3.8, 4) is 0 Å². The molecule has 5 aliphatic rings. The Hall–Kier alpha value is -2.15. The van der Waals surface area contributed by atoms with Crippen molar-refractivity contribution in [1.82, 2.24) is 0 Å². The van der Waals surface area contributed by atoms with E-state index in [0.29, 0.717) is 6.42 Å². The van der Waals surface area contributed by atoms with Crippen LogP contribution in [-0.2, 0) is 17.6 Å². The van der Waals surface area contributed by atoms with Gasteiger partial charge in [0.15, 0.2) is 5.78 Å². The van der Waals surface area contributed by atoms with Crippen LogP contribution in [0.25, 0.3) is 0 Å². The lowest BCUT2D eigenvalue weighted by Gasteiger charge is -2.33. The van der Waals surface area contributed by atoms with E-state index in [9.17, 15) is 4.79 Å². The molecule has 0 amide bonds. The third kappa shape index (κ3) is 3.14. The second-order valence-electron chi connectivity index (χ2n) is 6.66. The maximum Gasteiger partial charge on any atom is 0.166 e. The van der Waals surface area contributed by atoms with Crippen LogP contribution in [0.2, 0.25) is 0 Å². The molecule has 0 N–H and O–H groups in total. The van der Waals surface area contributed by atoms with Gasteiger partial charge < -0.3 is 0 Å². The minimum atomic E-state index is -0.429. The first kappa shape index (κ1) is 15.7. The van der Waals surface area contributed by atoms with Crippen molar-refractivity contribution in [2.24, 2.45) is 5.41 Å². The van der Waals surface area contributed by atoms with Gasteiger partial charge in [0, 0.05) is 0 Å². The first-order chi connectivity index (χ1) is 11.2. The van der Waals surface area contributed by atoms with E-state index in [2.05, 4.69) is 43.5 Å². The zero-order chi connectivity index (χ0) is 16.3. The molecule has 0 heterocycles. The van der Waals surface area contributed by atoms with Crippen molar-refractivity contribution in [3.05, 3.63) is 84.0 Å². The lowest BCUT2D eigenvalue weighted by molar-refractivity contribution is -0.122. The molecule has 5 aliphatic carbocycles. The molecule has 0 aliphatic heterocycles. The van der Waals surface area contributed by atoms with Gasteiger partial charge in [0.2, 0.25) is 0 Å². The predicted molar refractivity (Wildman–Crippen MR) is 96.3 cm³/mol. The van der Waals surface area contributed by atoms with E-state index in [-0.39, 0.29) is 5.78 Å². The summed E-state index contributed by atoms with van der Waals surface area (Å²) in [6, 6.07) is 8.87. The summed E-state index contributed by atoms with van der Waals surface area (Å²) in [6.45, 7) is 7.78. The number of benzene rings is 1. The molecule has 0 saturated carbocycles. The average Bonchev–Trinajstić information content (AvgIpc) is 2.55. The summed E-state index contributed by atoms with van der Waals surface area (Å²) in [5, 5.41) is 0. The average molecular weight is 304 g/mol. The molecule has 1 atom stereocenters. The highest BCUT2D eigenvalue weighted by atomic mass is 16.1. The topological polar surface area (TPSA) is 17.1 Å². The van der Waals surface area contributed by atoms with E-state index in [1.165, 1.54) is 22.3 Å². The lowest BCUT2D eigenvalue weighted by atomic mass is 9.69. The third-order valence-electron chi connectivity index (χ3n) is 5.10. The number of ketones is 1. The van der Waals surface area contributed by atoms with Crippen LogP contribution < -0.4 is 0 Å². The highest BCUT2D eigenvalue weighted by Crippen LogP contribution is 2.41. The minimum absolute atomic E-state index is 0.246. The second kappa shape index (κ2) is 6.54. The van der Waals surface area contributed by atoms with Gasteiger partial charge in [0.25, 0.3) is 0 Å². The molecular weight excluding hydrogens is 280 g/mol. The van der Waals surface area contributed by atoms with Crippen molar-refractivity contribution in [2.75, 3.05) is 0 Å². The highest BCUT2D eigenvalue weighted by Gasteiger charge is 2.37. The summed E-state index contributed by atoms with van der Waals surface area (Å²) in [6.07, 6.45) is 13.1. The fraction of sp³-hybridized carbons (Fsp3) is 0.318. The summed E-state index contributed by atoms with van der Waals surface area (Å²) in [4.78, 5) is 12.9. The van der Waals surface area contributed by atoms with Gasteiger partial charge in [-0.05, 0) is 66.9 Å². The number of hydrogen-bond acceptors (Lipinski definition) is 1. The molecule has 1 heteroatoms. The predicted octanol–water partition coefficient (Wildman–Crippen LogP) is 5.14. The quantitative estimate of drug-likeness (QED) is 0.704. The normalized spacial score (nSPS) is 23.6. The maximum absolute atomic E-state index is 12.9. The van der Waals surface area contributed by atoms with Crippen molar-refractivity contribution < 1.29 is 4.79 Å². The van der Waals surface area contributed by atoms with Crippen molar-refractivity contribution in [3.63, 3.8) is 0 Å². The molecule has 0 unspecified atom stereocenters. The maximum atomic E-state index is 12.9. The van der Waals surface area contributed by atoms with Gasteiger partial charge >= 0.3 is 0 Å². The number of allylic oxidation sites excluding steroid dienone is 6. The zero-order valence-corrected chi connectivity index (χ0v) is 13.7. The van der Waals surface area contributed by atoms with Gasteiger partial charge in [-0.3, -0.25) is 4.79 Å².